The summed E-state index contributed by atoms with van der Waals surface area (Å²) >= 11 is 0. The molecule has 0 N–H and O–H groups in total. The topological polar surface area (TPSA) is 66.9 Å². The van der Waals surface area contributed by atoms with Crippen LogP contribution in [-0.4, -0.2) is 53.8 Å². The summed E-state index contributed by atoms with van der Waals surface area (Å²) < 4.78 is 4.77. The summed E-state index contributed by atoms with van der Waals surface area (Å²) in [6.45, 7) is 1.65. The molecule has 0 aliphatic carbocycles. The van der Waals surface area contributed by atoms with Gasteiger partial charge in [0.25, 0.3) is 0 Å². The summed E-state index contributed by atoms with van der Waals surface area (Å²) in [5.41, 5.74) is 1.07. The van der Waals surface area contributed by atoms with E-state index in [0.717, 1.165) is 24.8 Å². The molecule has 6 nitrogen and oxygen atoms in total. The minimum atomic E-state index is -0.315. The van der Waals surface area contributed by atoms with Crippen LogP contribution in [0, 0.1) is 5.92 Å². The molecular weight excluding hydrogens is 332 g/mol. The largest absolute Gasteiger partial charge is 0.469 e. The Labute approximate surface area is 154 Å². The van der Waals surface area contributed by atoms with Gasteiger partial charge in [-0.1, -0.05) is 30.3 Å². The lowest BCUT2D eigenvalue weighted by Crippen LogP contribution is -2.47. The van der Waals surface area contributed by atoms with E-state index in [1.54, 1.807) is 4.90 Å². The van der Waals surface area contributed by atoms with Gasteiger partial charge in [0, 0.05) is 32.1 Å². The Bertz CT molecular complexity index is 661. The SMILES string of the molecule is COC(=O)CC1CCCCN1C(=O)C1CC(=O)N(Cc2ccccc2)C1. The molecule has 1 aromatic carbocycles. The Morgan fingerprint density at radius 1 is 1.19 bits per heavy atom. The van der Waals surface area contributed by atoms with Crippen molar-refractivity contribution < 1.29 is 19.1 Å². The Morgan fingerprint density at radius 3 is 2.69 bits per heavy atom. The highest BCUT2D eigenvalue weighted by Crippen LogP contribution is 2.27. The Kier molecular flexibility index (Phi) is 5.91. The van der Waals surface area contributed by atoms with Crippen LogP contribution in [0.15, 0.2) is 30.3 Å². The van der Waals surface area contributed by atoms with E-state index in [4.69, 9.17) is 4.74 Å². The molecule has 0 aromatic heterocycles. The normalized spacial score (nSPS) is 23.2. The van der Waals surface area contributed by atoms with Crippen molar-refractivity contribution in [1.29, 1.82) is 0 Å². The Hall–Kier alpha value is -2.37. The third kappa shape index (κ3) is 4.23. The lowest BCUT2D eigenvalue weighted by Gasteiger charge is -2.36. The van der Waals surface area contributed by atoms with Crippen LogP contribution in [0.2, 0.25) is 0 Å². The molecule has 0 spiro atoms. The molecule has 0 saturated carbocycles. The lowest BCUT2D eigenvalue weighted by molar-refractivity contribution is -0.146. The average molecular weight is 358 g/mol. The molecule has 0 bridgehead atoms. The van der Waals surface area contributed by atoms with Crippen LogP contribution in [0.5, 0.6) is 0 Å². The summed E-state index contributed by atoms with van der Waals surface area (Å²) in [5, 5.41) is 0. The van der Waals surface area contributed by atoms with Gasteiger partial charge in [-0.05, 0) is 24.8 Å². The zero-order valence-corrected chi connectivity index (χ0v) is 15.2. The molecular formula is C20H26N2O4. The summed E-state index contributed by atoms with van der Waals surface area (Å²) in [6, 6.07) is 9.70. The first-order valence-corrected chi connectivity index (χ1v) is 9.27. The van der Waals surface area contributed by atoms with Crippen LogP contribution in [-0.2, 0) is 25.7 Å². The second-order valence-electron chi connectivity index (χ2n) is 7.12. The highest BCUT2D eigenvalue weighted by molar-refractivity contribution is 5.89. The molecule has 2 atom stereocenters. The second kappa shape index (κ2) is 8.34. The van der Waals surface area contributed by atoms with E-state index in [1.165, 1.54) is 7.11 Å². The molecule has 3 rings (SSSR count). The van der Waals surface area contributed by atoms with Gasteiger partial charge in [-0.15, -0.1) is 0 Å². The summed E-state index contributed by atoms with van der Waals surface area (Å²) in [7, 11) is 1.37. The van der Waals surface area contributed by atoms with E-state index in [9.17, 15) is 14.4 Å². The van der Waals surface area contributed by atoms with Crippen molar-refractivity contribution in [2.24, 2.45) is 5.92 Å². The number of piperidine rings is 1. The van der Waals surface area contributed by atoms with Gasteiger partial charge in [0.1, 0.15) is 0 Å². The maximum absolute atomic E-state index is 13.0. The zero-order chi connectivity index (χ0) is 18.5. The number of likely N-dealkylation sites (tertiary alicyclic amines) is 2. The van der Waals surface area contributed by atoms with Gasteiger partial charge in [0.15, 0.2) is 0 Å². The fourth-order valence-electron chi connectivity index (χ4n) is 3.91. The van der Waals surface area contributed by atoms with Gasteiger partial charge in [-0.25, -0.2) is 0 Å². The molecule has 1 aromatic rings. The van der Waals surface area contributed by atoms with Crippen LogP contribution >= 0.6 is 0 Å². The smallest absolute Gasteiger partial charge is 0.307 e. The standard InChI is InChI=1S/C20H26N2O4/c1-26-19(24)12-17-9-5-6-10-22(17)20(25)16-11-18(23)21(14-16)13-15-7-3-2-4-8-15/h2-4,7-8,16-17H,5-6,9-14H2,1H3. The quantitative estimate of drug-likeness (QED) is 0.755. The van der Waals surface area contributed by atoms with E-state index < -0.39 is 0 Å². The number of benzene rings is 1. The van der Waals surface area contributed by atoms with Crippen molar-refractivity contribution in [3.8, 4) is 0 Å². The molecule has 0 radical (unpaired) electrons. The summed E-state index contributed by atoms with van der Waals surface area (Å²) in [4.78, 5) is 40.6. The predicted molar refractivity (Wildman–Crippen MR) is 96.0 cm³/mol. The van der Waals surface area contributed by atoms with Crippen molar-refractivity contribution in [2.75, 3.05) is 20.2 Å². The first kappa shape index (κ1) is 18.4. The second-order valence-corrected chi connectivity index (χ2v) is 7.12. The van der Waals surface area contributed by atoms with Crippen molar-refractivity contribution >= 4 is 17.8 Å². The zero-order valence-electron chi connectivity index (χ0n) is 15.2. The summed E-state index contributed by atoms with van der Waals surface area (Å²) in [6.07, 6.45) is 3.26. The fourth-order valence-corrected chi connectivity index (χ4v) is 3.91. The fraction of sp³-hybridized carbons (Fsp3) is 0.550. The van der Waals surface area contributed by atoms with Crippen LogP contribution in [0.1, 0.15) is 37.7 Å². The highest BCUT2D eigenvalue weighted by Gasteiger charge is 2.39. The molecule has 2 saturated heterocycles. The number of ether oxygens (including phenoxy) is 1. The van der Waals surface area contributed by atoms with Gasteiger partial charge in [-0.2, -0.15) is 0 Å². The highest BCUT2D eigenvalue weighted by atomic mass is 16.5. The monoisotopic (exact) mass is 358 g/mol. The van der Waals surface area contributed by atoms with Crippen molar-refractivity contribution in [1.82, 2.24) is 9.80 Å². The van der Waals surface area contributed by atoms with E-state index in [-0.39, 0.29) is 42.6 Å². The minimum absolute atomic E-state index is 0.00233. The van der Waals surface area contributed by atoms with Crippen LogP contribution in [0.4, 0.5) is 0 Å². The number of hydrogen-bond donors (Lipinski definition) is 0. The molecule has 2 amide bonds. The molecule has 2 fully saturated rings. The predicted octanol–water partition coefficient (Wildman–Crippen LogP) is 1.98. The molecule has 6 heteroatoms. The number of carbonyl (C=O) groups excluding carboxylic acids is 3. The number of nitrogens with zero attached hydrogens (tertiary/aromatic N) is 2. The van der Waals surface area contributed by atoms with E-state index >= 15 is 0 Å². The number of carbonyl (C=O) groups is 3. The Morgan fingerprint density at radius 2 is 1.96 bits per heavy atom. The van der Waals surface area contributed by atoms with Crippen LogP contribution < -0.4 is 0 Å². The third-order valence-electron chi connectivity index (χ3n) is 5.32. The van der Waals surface area contributed by atoms with Gasteiger partial charge >= 0.3 is 5.97 Å². The van der Waals surface area contributed by atoms with Crippen LogP contribution in [0.25, 0.3) is 0 Å². The minimum Gasteiger partial charge on any atom is -0.469 e. The van der Waals surface area contributed by atoms with Gasteiger partial charge in [-0.3, -0.25) is 14.4 Å². The molecule has 140 valence electrons. The molecule has 2 aliphatic heterocycles. The van der Waals surface area contributed by atoms with Gasteiger partial charge in [0.2, 0.25) is 11.8 Å². The average Bonchev–Trinajstić information content (AvgIpc) is 3.03. The van der Waals surface area contributed by atoms with Crippen molar-refractivity contribution in [2.45, 2.75) is 44.7 Å². The van der Waals surface area contributed by atoms with Gasteiger partial charge in [0.05, 0.1) is 19.4 Å². The van der Waals surface area contributed by atoms with E-state index in [1.807, 2.05) is 35.2 Å². The maximum Gasteiger partial charge on any atom is 0.307 e. The lowest BCUT2D eigenvalue weighted by atomic mass is 9.96. The van der Waals surface area contributed by atoms with E-state index in [2.05, 4.69) is 0 Å². The van der Waals surface area contributed by atoms with Crippen molar-refractivity contribution in [3.63, 3.8) is 0 Å². The first-order chi connectivity index (χ1) is 12.6. The molecule has 2 unspecified atom stereocenters. The molecule has 26 heavy (non-hydrogen) atoms. The third-order valence-corrected chi connectivity index (χ3v) is 5.32. The van der Waals surface area contributed by atoms with Gasteiger partial charge < -0.3 is 14.5 Å². The number of esters is 1. The molecule has 2 heterocycles. The maximum atomic E-state index is 13.0. The number of rotatable bonds is 5. The first-order valence-electron chi connectivity index (χ1n) is 9.27. The van der Waals surface area contributed by atoms with Crippen LogP contribution in [0.3, 0.4) is 0 Å². The van der Waals surface area contributed by atoms with Crippen molar-refractivity contribution in [3.05, 3.63) is 35.9 Å². The number of amides is 2. The summed E-state index contributed by atoms with van der Waals surface area (Å²) in [5.74, 6) is -0.580. The molecule has 2 aliphatic rings. The van der Waals surface area contributed by atoms with E-state index in [0.29, 0.717) is 19.6 Å². The number of methoxy groups -OCH3 is 1. The Balaban J connectivity index is 1.63. The number of hydrogen-bond acceptors (Lipinski definition) is 4.